The molecule has 0 radical (unpaired) electrons. The van der Waals surface area contributed by atoms with Crippen LogP contribution in [0.4, 0.5) is 18.9 Å². The molecule has 182 valence electrons. The SMILES string of the molecule is O=C(CC[C@H]1CC[C@@H]2[C@H](O1)c1cc(C(F)(F)F)ccc1N[C@H]2c1ccccc1)C(=O)NCCO. The molecule has 4 atom stereocenters. The number of hydrogen-bond donors (Lipinski definition) is 3. The Morgan fingerprint density at radius 2 is 1.88 bits per heavy atom. The number of nitrogens with one attached hydrogen (secondary N) is 2. The molecule has 2 aromatic rings. The molecular weight excluding hydrogens is 449 g/mol. The van der Waals surface area contributed by atoms with Crippen molar-refractivity contribution in [1.82, 2.24) is 5.32 Å². The fourth-order valence-corrected chi connectivity index (χ4v) is 4.81. The van der Waals surface area contributed by atoms with Gasteiger partial charge in [0.25, 0.3) is 5.91 Å². The van der Waals surface area contributed by atoms with Gasteiger partial charge in [0.1, 0.15) is 0 Å². The van der Waals surface area contributed by atoms with Crippen LogP contribution in [0.1, 0.15) is 54.5 Å². The van der Waals surface area contributed by atoms with E-state index >= 15 is 0 Å². The molecule has 1 amide bonds. The number of carbonyl (C=O) groups is 2. The Kier molecular flexibility index (Phi) is 7.23. The van der Waals surface area contributed by atoms with E-state index in [0.29, 0.717) is 30.5 Å². The van der Waals surface area contributed by atoms with Crippen LogP contribution in [0.15, 0.2) is 48.5 Å². The van der Waals surface area contributed by atoms with Crippen molar-refractivity contribution in [3.8, 4) is 0 Å². The largest absolute Gasteiger partial charge is 0.416 e. The van der Waals surface area contributed by atoms with Crippen LogP contribution < -0.4 is 10.6 Å². The van der Waals surface area contributed by atoms with E-state index in [1.165, 1.54) is 6.07 Å². The highest BCUT2D eigenvalue weighted by Gasteiger charge is 2.43. The number of amides is 1. The number of halogens is 3. The molecule has 1 saturated heterocycles. The van der Waals surface area contributed by atoms with Gasteiger partial charge in [-0.2, -0.15) is 13.2 Å². The van der Waals surface area contributed by atoms with Gasteiger partial charge < -0.3 is 20.5 Å². The number of hydrogen-bond acceptors (Lipinski definition) is 5. The molecular formula is C25H27F3N2O4. The average Bonchev–Trinajstić information content (AvgIpc) is 2.84. The summed E-state index contributed by atoms with van der Waals surface area (Å²) in [6, 6.07) is 13.3. The molecule has 2 heterocycles. The number of ether oxygens (including phenoxy) is 1. The zero-order valence-corrected chi connectivity index (χ0v) is 18.5. The third-order valence-corrected chi connectivity index (χ3v) is 6.48. The summed E-state index contributed by atoms with van der Waals surface area (Å²) in [7, 11) is 0. The summed E-state index contributed by atoms with van der Waals surface area (Å²) in [6.45, 7) is -0.260. The summed E-state index contributed by atoms with van der Waals surface area (Å²) >= 11 is 0. The summed E-state index contributed by atoms with van der Waals surface area (Å²) in [5.74, 6) is -1.45. The zero-order chi connectivity index (χ0) is 24.3. The number of Topliss-reactive ketones (excluding diaryl/α,β-unsaturated/α-hetero) is 1. The van der Waals surface area contributed by atoms with Gasteiger partial charge in [-0.1, -0.05) is 30.3 Å². The normalized spacial score (nSPS) is 23.9. The molecule has 34 heavy (non-hydrogen) atoms. The summed E-state index contributed by atoms with van der Waals surface area (Å²) in [5, 5.41) is 14.5. The van der Waals surface area contributed by atoms with Crippen molar-refractivity contribution in [3.63, 3.8) is 0 Å². The fraction of sp³-hybridized carbons (Fsp3) is 0.440. The first-order valence-electron chi connectivity index (χ1n) is 11.4. The number of benzene rings is 2. The maximum absolute atomic E-state index is 13.4. The molecule has 0 spiro atoms. The van der Waals surface area contributed by atoms with Crippen molar-refractivity contribution >= 4 is 17.4 Å². The van der Waals surface area contributed by atoms with Crippen LogP contribution in [0.3, 0.4) is 0 Å². The second kappa shape index (κ2) is 10.1. The lowest BCUT2D eigenvalue weighted by Crippen LogP contribution is -2.39. The van der Waals surface area contributed by atoms with Crippen molar-refractivity contribution in [2.75, 3.05) is 18.5 Å². The molecule has 0 saturated carbocycles. The zero-order valence-electron chi connectivity index (χ0n) is 18.5. The van der Waals surface area contributed by atoms with Crippen LogP contribution in [0.2, 0.25) is 0 Å². The van der Waals surface area contributed by atoms with Crippen LogP contribution in [0, 0.1) is 5.92 Å². The second-order valence-corrected chi connectivity index (χ2v) is 8.69. The molecule has 0 bridgehead atoms. The van der Waals surface area contributed by atoms with Gasteiger partial charge in [0, 0.05) is 30.1 Å². The summed E-state index contributed by atoms with van der Waals surface area (Å²) in [4.78, 5) is 23.9. The van der Waals surface area contributed by atoms with E-state index in [2.05, 4.69) is 10.6 Å². The molecule has 0 aromatic heterocycles. The summed E-state index contributed by atoms with van der Waals surface area (Å²) in [6.07, 6.45) is -3.80. The van der Waals surface area contributed by atoms with Crippen LogP contribution in [-0.4, -0.2) is 36.1 Å². The minimum atomic E-state index is -4.47. The van der Waals surface area contributed by atoms with E-state index in [9.17, 15) is 22.8 Å². The Morgan fingerprint density at radius 1 is 1.12 bits per heavy atom. The van der Waals surface area contributed by atoms with Gasteiger partial charge in [0.05, 0.1) is 30.4 Å². The number of aliphatic hydroxyl groups excluding tert-OH is 1. The number of alkyl halides is 3. The second-order valence-electron chi connectivity index (χ2n) is 8.69. The maximum Gasteiger partial charge on any atom is 0.416 e. The Labute approximate surface area is 195 Å². The van der Waals surface area contributed by atoms with E-state index in [1.807, 2.05) is 30.3 Å². The van der Waals surface area contributed by atoms with Gasteiger partial charge in [-0.25, -0.2) is 0 Å². The van der Waals surface area contributed by atoms with Crippen LogP contribution in [0.5, 0.6) is 0 Å². The van der Waals surface area contributed by atoms with Crippen LogP contribution in [-0.2, 0) is 20.5 Å². The van der Waals surface area contributed by atoms with E-state index < -0.39 is 29.5 Å². The highest BCUT2D eigenvalue weighted by molar-refractivity contribution is 6.36. The predicted molar refractivity (Wildman–Crippen MR) is 119 cm³/mol. The number of ketones is 1. The highest BCUT2D eigenvalue weighted by atomic mass is 19.4. The lowest BCUT2D eigenvalue weighted by Gasteiger charge is -2.46. The predicted octanol–water partition coefficient (Wildman–Crippen LogP) is 4.17. The van der Waals surface area contributed by atoms with Gasteiger partial charge >= 0.3 is 6.18 Å². The molecule has 6 nitrogen and oxygen atoms in total. The number of rotatable bonds is 7. The summed E-state index contributed by atoms with van der Waals surface area (Å²) in [5.41, 5.74) is 1.36. The van der Waals surface area contributed by atoms with E-state index in [1.54, 1.807) is 0 Å². The lowest BCUT2D eigenvalue weighted by molar-refractivity contribution is -0.139. The van der Waals surface area contributed by atoms with Gasteiger partial charge in [-0.15, -0.1) is 0 Å². The highest BCUT2D eigenvalue weighted by Crippen LogP contribution is 2.51. The molecule has 2 aliphatic rings. The molecule has 0 unspecified atom stereocenters. The van der Waals surface area contributed by atoms with E-state index in [-0.39, 0.29) is 37.6 Å². The number of fused-ring (bicyclic) bond motifs is 3. The topological polar surface area (TPSA) is 87.7 Å². The Morgan fingerprint density at radius 3 is 2.59 bits per heavy atom. The van der Waals surface area contributed by atoms with Crippen molar-refractivity contribution in [2.24, 2.45) is 5.92 Å². The lowest BCUT2D eigenvalue weighted by atomic mass is 9.76. The molecule has 3 N–H and O–H groups in total. The van der Waals surface area contributed by atoms with Gasteiger partial charge in [-0.3, -0.25) is 9.59 Å². The summed E-state index contributed by atoms with van der Waals surface area (Å²) < 4.78 is 46.6. The smallest absolute Gasteiger partial charge is 0.395 e. The van der Waals surface area contributed by atoms with Crippen molar-refractivity contribution < 1.29 is 32.6 Å². The minimum Gasteiger partial charge on any atom is -0.395 e. The number of anilines is 1. The number of carbonyl (C=O) groups excluding carboxylic acids is 2. The quantitative estimate of drug-likeness (QED) is 0.523. The first-order chi connectivity index (χ1) is 16.3. The molecule has 2 aliphatic heterocycles. The fourth-order valence-electron chi connectivity index (χ4n) is 4.81. The Balaban J connectivity index is 1.56. The van der Waals surface area contributed by atoms with Gasteiger partial charge in [0.15, 0.2) is 0 Å². The Bertz CT molecular complexity index is 1030. The van der Waals surface area contributed by atoms with Crippen molar-refractivity contribution in [2.45, 2.75) is 50.1 Å². The molecule has 2 aromatic carbocycles. The third-order valence-electron chi connectivity index (χ3n) is 6.48. The first-order valence-corrected chi connectivity index (χ1v) is 11.4. The third kappa shape index (κ3) is 5.26. The van der Waals surface area contributed by atoms with Gasteiger partial charge in [0.2, 0.25) is 5.78 Å². The molecule has 1 fully saturated rings. The van der Waals surface area contributed by atoms with Crippen LogP contribution >= 0.6 is 0 Å². The molecule has 0 aliphatic carbocycles. The van der Waals surface area contributed by atoms with Crippen molar-refractivity contribution in [1.29, 1.82) is 0 Å². The monoisotopic (exact) mass is 476 g/mol. The van der Waals surface area contributed by atoms with Crippen molar-refractivity contribution in [3.05, 3.63) is 65.2 Å². The van der Waals surface area contributed by atoms with Crippen LogP contribution in [0.25, 0.3) is 0 Å². The standard InChI is InChI=1S/C25H27F3N2O4/c26-25(27,28)16-6-10-20-19(14-16)23-18(22(30-20)15-4-2-1-3-5-15)9-7-17(34-23)8-11-21(32)24(33)29-12-13-31/h1-6,10,14,17-18,22-23,30-31H,7-9,11-13H2,(H,29,33)/t17-,18+,22+,23+/m1/s1. The Hall–Kier alpha value is -2.91. The number of aliphatic hydroxyl groups is 1. The maximum atomic E-state index is 13.4. The first kappa shape index (κ1) is 24.2. The molecule has 9 heteroatoms. The average molecular weight is 476 g/mol. The van der Waals surface area contributed by atoms with E-state index in [4.69, 9.17) is 9.84 Å². The minimum absolute atomic E-state index is 0.000450. The van der Waals surface area contributed by atoms with E-state index in [0.717, 1.165) is 17.7 Å². The van der Waals surface area contributed by atoms with Gasteiger partial charge in [-0.05, 0) is 43.0 Å². The molecule has 4 rings (SSSR count).